The standard InChI is InChI=1S/C21H15N5O4S/c1-14-10-11-22-20(12-14)23-21-24(16-6-8-18(9-7-16)26(29)30)19(13-31-21)15-2-4-17(5-3-15)25(27)28/h2-13H,1H3. The zero-order valence-corrected chi connectivity index (χ0v) is 17.0. The van der Waals surface area contributed by atoms with Crippen LogP contribution in [0.4, 0.5) is 17.2 Å². The van der Waals surface area contributed by atoms with Gasteiger partial charge in [-0.3, -0.25) is 24.8 Å². The molecule has 0 bridgehead atoms. The Bertz CT molecular complexity index is 1340. The van der Waals surface area contributed by atoms with Gasteiger partial charge in [0.2, 0.25) is 0 Å². The highest BCUT2D eigenvalue weighted by Crippen LogP contribution is 2.27. The van der Waals surface area contributed by atoms with Crippen LogP contribution in [0.5, 0.6) is 0 Å². The predicted molar refractivity (Wildman–Crippen MR) is 117 cm³/mol. The summed E-state index contributed by atoms with van der Waals surface area (Å²) in [5.41, 5.74) is 3.17. The molecule has 2 heterocycles. The first-order chi connectivity index (χ1) is 14.9. The molecule has 0 saturated heterocycles. The van der Waals surface area contributed by atoms with E-state index in [1.807, 2.05) is 29.0 Å². The van der Waals surface area contributed by atoms with Crippen LogP contribution in [0.1, 0.15) is 5.56 Å². The van der Waals surface area contributed by atoms with Crippen molar-refractivity contribution in [3.05, 3.63) is 103 Å². The summed E-state index contributed by atoms with van der Waals surface area (Å²) in [6.45, 7) is 1.95. The van der Waals surface area contributed by atoms with Gasteiger partial charge in [-0.25, -0.2) is 9.98 Å². The molecule has 31 heavy (non-hydrogen) atoms. The number of aryl methyl sites for hydroxylation is 1. The maximum Gasteiger partial charge on any atom is 0.269 e. The number of nitro groups is 2. The van der Waals surface area contributed by atoms with Gasteiger partial charge < -0.3 is 0 Å². The number of nitrogens with zero attached hydrogens (tertiary/aromatic N) is 5. The van der Waals surface area contributed by atoms with Crippen molar-refractivity contribution in [2.45, 2.75) is 6.92 Å². The number of hydrogen-bond acceptors (Lipinski definition) is 7. The second kappa shape index (κ2) is 8.28. The van der Waals surface area contributed by atoms with Crippen LogP contribution in [-0.2, 0) is 0 Å². The van der Waals surface area contributed by atoms with Crippen LogP contribution in [0, 0.1) is 27.2 Å². The molecular weight excluding hydrogens is 418 g/mol. The molecule has 0 aliphatic heterocycles. The predicted octanol–water partition coefficient (Wildman–Crippen LogP) is 4.96. The van der Waals surface area contributed by atoms with E-state index in [0.29, 0.717) is 16.3 Å². The normalized spacial score (nSPS) is 11.5. The zero-order valence-electron chi connectivity index (χ0n) is 16.2. The molecule has 2 aromatic carbocycles. The van der Waals surface area contributed by atoms with Crippen molar-refractivity contribution >= 4 is 28.5 Å². The molecule has 0 saturated carbocycles. The number of pyridine rings is 1. The van der Waals surface area contributed by atoms with E-state index in [1.165, 1.54) is 35.6 Å². The van der Waals surface area contributed by atoms with E-state index in [4.69, 9.17) is 0 Å². The second-order valence-corrected chi connectivity index (χ2v) is 7.46. The molecule has 154 valence electrons. The number of non-ortho nitro benzene ring substituents is 2. The van der Waals surface area contributed by atoms with Crippen molar-refractivity contribution in [1.82, 2.24) is 9.55 Å². The monoisotopic (exact) mass is 433 g/mol. The van der Waals surface area contributed by atoms with E-state index >= 15 is 0 Å². The lowest BCUT2D eigenvalue weighted by Gasteiger charge is -2.09. The quantitative estimate of drug-likeness (QED) is 0.326. The maximum absolute atomic E-state index is 11.0. The maximum atomic E-state index is 11.0. The van der Waals surface area contributed by atoms with Crippen LogP contribution in [0.15, 0.2) is 77.2 Å². The molecule has 0 N–H and O–H groups in total. The molecule has 0 aliphatic rings. The largest absolute Gasteiger partial charge is 0.285 e. The van der Waals surface area contributed by atoms with Gasteiger partial charge in [-0.15, -0.1) is 11.3 Å². The molecule has 0 unspecified atom stereocenters. The van der Waals surface area contributed by atoms with Gasteiger partial charge in [0.05, 0.1) is 15.5 Å². The summed E-state index contributed by atoms with van der Waals surface area (Å²) in [6, 6.07) is 16.1. The first kappa shape index (κ1) is 20.1. The van der Waals surface area contributed by atoms with Crippen LogP contribution < -0.4 is 4.80 Å². The third kappa shape index (κ3) is 4.23. The Hall–Kier alpha value is -4.18. The van der Waals surface area contributed by atoms with E-state index in [1.54, 1.807) is 30.5 Å². The number of nitro benzene ring substituents is 2. The molecule has 10 heteroatoms. The van der Waals surface area contributed by atoms with Crippen LogP contribution >= 0.6 is 11.3 Å². The Morgan fingerprint density at radius 1 is 0.935 bits per heavy atom. The molecular formula is C21H15N5O4S. The van der Waals surface area contributed by atoms with Crippen molar-refractivity contribution in [3.8, 4) is 16.9 Å². The average Bonchev–Trinajstić information content (AvgIpc) is 3.17. The fraction of sp³-hybridized carbons (Fsp3) is 0.0476. The van der Waals surface area contributed by atoms with E-state index in [9.17, 15) is 20.2 Å². The minimum absolute atomic E-state index is 0.00487. The van der Waals surface area contributed by atoms with E-state index in [2.05, 4.69) is 9.98 Å². The Balaban J connectivity index is 1.90. The molecule has 0 aliphatic carbocycles. The highest BCUT2D eigenvalue weighted by Gasteiger charge is 2.14. The van der Waals surface area contributed by atoms with Crippen molar-refractivity contribution in [2.75, 3.05) is 0 Å². The number of benzene rings is 2. The van der Waals surface area contributed by atoms with Gasteiger partial charge in [-0.2, -0.15) is 0 Å². The van der Waals surface area contributed by atoms with Crippen LogP contribution in [0.2, 0.25) is 0 Å². The third-order valence-corrected chi connectivity index (χ3v) is 5.34. The lowest BCUT2D eigenvalue weighted by Crippen LogP contribution is -2.13. The summed E-state index contributed by atoms with van der Waals surface area (Å²) in [7, 11) is 0. The summed E-state index contributed by atoms with van der Waals surface area (Å²) in [6.07, 6.45) is 1.68. The van der Waals surface area contributed by atoms with Crippen molar-refractivity contribution in [2.24, 2.45) is 4.99 Å². The van der Waals surface area contributed by atoms with Gasteiger partial charge in [0.15, 0.2) is 10.6 Å². The summed E-state index contributed by atoms with van der Waals surface area (Å²) in [5.74, 6) is 0.535. The van der Waals surface area contributed by atoms with Crippen molar-refractivity contribution in [1.29, 1.82) is 0 Å². The van der Waals surface area contributed by atoms with Gasteiger partial charge in [0.25, 0.3) is 11.4 Å². The van der Waals surface area contributed by atoms with E-state index in [-0.39, 0.29) is 11.4 Å². The average molecular weight is 433 g/mol. The van der Waals surface area contributed by atoms with Gasteiger partial charge in [-0.1, -0.05) is 0 Å². The number of hydrogen-bond donors (Lipinski definition) is 0. The molecule has 0 spiro atoms. The Morgan fingerprint density at radius 3 is 2.13 bits per heavy atom. The van der Waals surface area contributed by atoms with Crippen LogP contribution in [0.3, 0.4) is 0 Å². The summed E-state index contributed by atoms with van der Waals surface area (Å²) >= 11 is 1.38. The molecule has 0 fully saturated rings. The summed E-state index contributed by atoms with van der Waals surface area (Å²) < 4.78 is 1.85. The van der Waals surface area contributed by atoms with Crippen molar-refractivity contribution in [3.63, 3.8) is 0 Å². The van der Waals surface area contributed by atoms with Crippen LogP contribution in [-0.4, -0.2) is 19.4 Å². The Morgan fingerprint density at radius 2 is 1.55 bits per heavy atom. The number of thiazole rings is 1. The lowest BCUT2D eigenvalue weighted by molar-refractivity contribution is -0.385. The number of rotatable bonds is 5. The van der Waals surface area contributed by atoms with Crippen molar-refractivity contribution < 1.29 is 9.85 Å². The van der Waals surface area contributed by atoms with Gasteiger partial charge >= 0.3 is 0 Å². The second-order valence-electron chi connectivity index (χ2n) is 6.62. The lowest BCUT2D eigenvalue weighted by atomic mass is 10.1. The molecule has 9 nitrogen and oxygen atoms in total. The molecule has 0 amide bonds. The molecule has 0 radical (unpaired) electrons. The zero-order chi connectivity index (χ0) is 22.0. The first-order valence-corrected chi connectivity index (χ1v) is 9.98. The van der Waals surface area contributed by atoms with Gasteiger partial charge in [-0.05, 0) is 54.4 Å². The highest BCUT2D eigenvalue weighted by molar-refractivity contribution is 7.07. The SMILES string of the molecule is Cc1ccnc(N=c2scc(-c3ccc([N+](=O)[O-])cc3)n2-c2ccc([N+](=O)[O-])cc2)c1. The van der Waals surface area contributed by atoms with Gasteiger partial charge in [0.1, 0.15) is 0 Å². The van der Waals surface area contributed by atoms with Gasteiger partial charge in [0, 0.05) is 41.5 Å². The topological polar surface area (TPSA) is 116 Å². The Labute approximate surface area is 179 Å². The molecule has 4 aromatic rings. The summed E-state index contributed by atoms with van der Waals surface area (Å²) in [4.78, 5) is 30.7. The highest BCUT2D eigenvalue weighted by atomic mass is 32.1. The smallest absolute Gasteiger partial charge is 0.269 e. The van der Waals surface area contributed by atoms with Crippen LogP contribution in [0.25, 0.3) is 16.9 Å². The third-order valence-electron chi connectivity index (χ3n) is 4.51. The number of aromatic nitrogens is 2. The minimum Gasteiger partial charge on any atom is -0.285 e. The molecule has 2 aromatic heterocycles. The summed E-state index contributed by atoms with van der Waals surface area (Å²) in [5, 5.41) is 23.9. The Kier molecular flexibility index (Phi) is 5.37. The van der Waals surface area contributed by atoms with E-state index in [0.717, 1.165) is 16.8 Å². The fourth-order valence-corrected chi connectivity index (χ4v) is 3.91. The fourth-order valence-electron chi connectivity index (χ4n) is 3.00. The molecule has 0 atom stereocenters. The van der Waals surface area contributed by atoms with E-state index < -0.39 is 9.85 Å². The minimum atomic E-state index is -0.457. The molecule has 4 rings (SSSR count). The first-order valence-electron chi connectivity index (χ1n) is 9.10.